The normalized spacial score (nSPS) is 11.6. The highest BCUT2D eigenvalue weighted by Crippen LogP contribution is 2.11. The highest BCUT2D eigenvalue weighted by molar-refractivity contribution is 7.89. The number of benzene rings is 1. The molecule has 0 amide bonds. The molecule has 0 radical (unpaired) electrons. The van der Waals surface area contributed by atoms with Gasteiger partial charge in [-0.05, 0) is 36.8 Å². The first-order valence-corrected chi connectivity index (χ1v) is 7.30. The molecule has 1 aromatic carbocycles. The summed E-state index contributed by atoms with van der Waals surface area (Å²) in [5.74, 6) is 0. The van der Waals surface area contributed by atoms with Crippen molar-refractivity contribution in [2.45, 2.75) is 18.4 Å². The van der Waals surface area contributed by atoms with Gasteiger partial charge in [0.25, 0.3) is 0 Å². The second-order valence-corrected chi connectivity index (χ2v) is 6.01. The minimum absolute atomic E-state index is 0.207. The SMILES string of the molecule is Cc1cnn(CCNS(=O)(=O)c2ccc(N)cc2)c1. The van der Waals surface area contributed by atoms with Crippen LogP contribution >= 0.6 is 0 Å². The van der Waals surface area contributed by atoms with Crippen molar-refractivity contribution < 1.29 is 8.42 Å². The van der Waals surface area contributed by atoms with E-state index in [0.29, 0.717) is 12.2 Å². The van der Waals surface area contributed by atoms with Gasteiger partial charge < -0.3 is 5.73 Å². The van der Waals surface area contributed by atoms with Crippen LogP contribution in [0.4, 0.5) is 5.69 Å². The molecule has 0 aliphatic carbocycles. The third-order valence-electron chi connectivity index (χ3n) is 2.59. The largest absolute Gasteiger partial charge is 0.399 e. The molecule has 0 saturated heterocycles. The second kappa shape index (κ2) is 5.41. The van der Waals surface area contributed by atoms with Crippen LogP contribution in [0.3, 0.4) is 0 Å². The topological polar surface area (TPSA) is 90.0 Å². The van der Waals surface area contributed by atoms with Gasteiger partial charge >= 0.3 is 0 Å². The van der Waals surface area contributed by atoms with E-state index in [0.717, 1.165) is 5.56 Å². The summed E-state index contributed by atoms with van der Waals surface area (Å²) in [4.78, 5) is 0.207. The predicted octanol–water partition coefficient (Wildman–Crippen LogP) is 0.752. The highest BCUT2D eigenvalue weighted by atomic mass is 32.2. The summed E-state index contributed by atoms with van der Waals surface area (Å²) in [6, 6.07) is 6.09. The Balaban J connectivity index is 1.96. The van der Waals surface area contributed by atoms with E-state index in [1.165, 1.54) is 12.1 Å². The number of nitrogens with one attached hydrogen (secondary N) is 1. The zero-order chi connectivity index (χ0) is 13.9. The Morgan fingerprint density at radius 3 is 2.58 bits per heavy atom. The molecule has 0 atom stereocenters. The van der Waals surface area contributed by atoms with Gasteiger partial charge in [-0.2, -0.15) is 5.10 Å². The van der Waals surface area contributed by atoms with E-state index in [9.17, 15) is 8.42 Å². The number of nitrogens with zero attached hydrogens (tertiary/aromatic N) is 2. The van der Waals surface area contributed by atoms with E-state index >= 15 is 0 Å². The summed E-state index contributed by atoms with van der Waals surface area (Å²) in [6.07, 6.45) is 3.59. The molecule has 3 N–H and O–H groups in total. The van der Waals surface area contributed by atoms with Gasteiger partial charge in [-0.25, -0.2) is 13.1 Å². The van der Waals surface area contributed by atoms with E-state index in [1.54, 1.807) is 23.0 Å². The van der Waals surface area contributed by atoms with Crippen LogP contribution in [0.1, 0.15) is 5.56 Å². The summed E-state index contributed by atoms with van der Waals surface area (Å²) in [7, 11) is -3.49. The first-order valence-electron chi connectivity index (χ1n) is 5.82. The van der Waals surface area contributed by atoms with E-state index in [1.807, 2.05) is 13.1 Å². The lowest BCUT2D eigenvalue weighted by Crippen LogP contribution is -2.27. The maximum absolute atomic E-state index is 12.0. The molecule has 0 fully saturated rings. The lowest BCUT2D eigenvalue weighted by atomic mass is 10.3. The Morgan fingerprint density at radius 1 is 1.32 bits per heavy atom. The zero-order valence-corrected chi connectivity index (χ0v) is 11.4. The lowest BCUT2D eigenvalue weighted by Gasteiger charge is -2.07. The van der Waals surface area contributed by atoms with Crippen molar-refractivity contribution in [1.82, 2.24) is 14.5 Å². The van der Waals surface area contributed by atoms with Crippen LogP contribution in [0.25, 0.3) is 0 Å². The minimum atomic E-state index is -3.49. The number of aryl methyl sites for hydroxylation is 1. The van der Waals surface area contributed by atoms with Crippen molar-refractivity contribution >= 4 is 15.7 Å². The molecule has 102 valence electrons. The first kappa shape index (κ1) is 13.6. The summed E-state index contributed by atoms with van der Waals surface area (Å²) < 4.78 is 28.1. The molecule has 0 bridgehead atoms. The van der Waals surface area contributed by atoms with Gasteiger partial charge in [0, 0.05) is 18.4 Å². The van der Waals surface area contributed by atoms with Gasteiger partial charge in [0.1, 0.15) is 0 Å². The molecule has 0 aliphatic rings. The van der Waals surface area contributed by atoms with Crippen molar-refractivity contribution in [3.05, 3.63) is 42.2 Å². The number of nitrogen functional groups attached to an aromatic ring is 1. The number of rotatable bonds is 5. The first-order chi connectivity index (χ1) is 8.97. The Kier molecular flexibility index (Phi) is 3.87. The molecular formula is C12H16N4O2S. The van der Waals surface area contributed by atoms with Crippen molar-refractivity contribution in [2.24, 2.45) is 0 Å². The van der Waals surface area contributed by atoms with Gasteiger partial charge in [0.05, 0.1) is 17.6 Å². The van der Waals surface area contributed by atoms with Gasteiger partial charge in [0.2, 0.25) is 10.0 Å². The Bertz CT molecular complexity index is 647. The van der Waals surface area contributed by atoms with Crippen LogP contribution in [0.2, 0.25) is 0 Å². The molecule has 1 heterocycles. The van der Waals surface area contributed by atoms with Gasteiger partial charge in [-0.1, -0.05) is 0 Å². The summed E-state index contributed by atoms with van der Waals surface area (Å²) in [5.41, 5.74) is 7.10. The third-order valence-corrected chi connectivity index (χ3v) is 4.06. The zero-order valence-electron chi connectivity index (χ0n) is 10.6. The Morgan fingerprint density at radius 2 is 2.00 bits per heavy atom. The summed E-state index contributed by atoms with van der Waals surface area (Å²) >= 11 is 0. The molecule has 2 rings (SSSR count). The number of aromatic nitrogens is 2. The predicted molar refractivity (Wildman–Crippen MR) is 73.0 cm³/mol. The standard InChI is InChI=1S/C12H16N4O2S/c1-10-8-14-16(9-10)7-6-15-19(17,18)12-4-2-11(13)3-5-12/h2-5,8-9,15H,6-7,13H2,1H3. The van der Waals surface area contributed by atoms with E-state index in [-0.39, 0.29) is 11.4 Å². The molecular weight excluding hydrogens is 264 g/mol. The highest BCUT2D eigenvalue weighted by Gasteiger charge is 2.12. The molecule has 0 aliphatic heterocycles. The van der Waals surface area contributed by atoms with Crippen LogP contribution in [-0.4, -0.2) is 24.7 Å². The van der Waals surface area contributed by atoms with Crippen LogP contribution < -0.4 is 10.5 Å². The number of anilines is 1. The third kappa shape index (κ3) is 3.55. The summed E-state index contributed by atoms with van der Waals surface area (Å²) in [6.45, 7) is 2.71. The molecule has 0 spiro atoms. The number of nitrogens with two attached hydrogens (primary N) is 1. The van der Waals surface area contributed by atoms with Crippen molar-refractivity contribution in [3.63, 3.8) is 0 Å². The lowest BCUT2D eigenvalue weighted by molar-refractivity contribution is 0.561. The van der Waals surface area contributed by atoms with Crippen LogP contribution in [-0.2, 0) is 16.6 Å². The Hall–Kier alpha value is -1.86. The van der Waals surface area contributed by atoms with Crippen molar-refractivity contribution in [1.29, 1.82) is 0 Å². The molecule has 0 unspecified atom stereocenters. The monoisotopic (exact) mass is 280 g/mol. The minimum Gasteiger partial charge on any atom is -0.399 e. The quantitative estimate of drug-likeness (QED) is 0.791. The molecule has 7 heteroatoms. The Labute approximate surface area is 112 Å². The van der Waals surface area contributed by atoms with E-state index in [2.05, 4.69) is 9.82 Å². The van der Waals surface area contributed by atoms with Gasteiger partial charge in [0.15, 0.2) is 0 Å². The fourth-order valence-electron chi connectivity index (χ4n) is 1.61. The molecule has 0 saturated carbocycles. The molecule has 19 heavy (non-hydrogen) atoms. The average Bonchev–Trinajstić information content (AvgIpc) is 2.75. The number of sulfonamides is 1. The van der Waals surface area contributed by atoms with Gasteiger partial charge in [-0.15, -0.1) is 0 Å². The fourth-order valence-corrected chi connectivity index (χ4v) is 2.64. The van der Waals surface area contributed by atoms with Crippen LogP contribution in [0, 0.1) is 6.92 Å². The van der Waals surface area contributed by atoms with Gasteiger partial charge in [-0.3, -0.25) is 4.68 Å². The van der Waals surface area contributed by atoms with E-state index < -0.39 is 10.0 Å². The fraction of sp³-hybridized carbons (Fsp3) is 0.250. The number of hydrogen-bond acceptors (Lipinski definition) is 4. The number of hydrogen-bond donors (Lipinski definition) is 2. The van der Waals surface area contributed by atoms with Crippen molar-refractivity contribution in [3.8, 4) is 0 Å². The van der Waals surface area contributed by atoms with Crippen LogP contribution in [0.15, 0.2) is 41.6 Å². The molecule has 1 aromatic heterocycles. The van der Waals surface area contributed by atoms with E-state index in [4.69, 9.17) is 5.73 Å². The molecule has 2 aromatic rings. The summed E-state index contributed by atoms with van der Waals surface area (Å²) in [5, 5.41) is 4.09. The molecule has 6 nitrogen and oxygen atoms in total. The second-order valence-electron chi connectivity index (χ2n) is 4.25. The maximum atomic E-state index is 12.0. The average molecular weight is 280 g/mol. The van der Waals surface area contributed by atoms with Crippen molar-refractivity contribution in [2.75, 3.05) is 12.3 Å². The smallest absolute Gasteiger partial charge is 0.240 e. The van der Waals surface area contributed by atoms with Crippen LogP contribution in [0.5, 0.6) is 0 Å². The maximum Gasteiger partial charge on any atom is 0.240 e.